The van der Waals surface area contributed by atoms with E-state index in [1.807, 2.05) is 0 Å². The number of carbonyl (C=O) groups is 1. The fourth-order valence-electron chi connectivity index (χ4n) is 1.02. The van der Waals surface area contributed by atoms with Gasteiger partial charge in [-0.1, -0.05) is 0 Å². The van der Waals surface area contributed by atoms with Crippen LogP contribution in [0.25, 0.3) is 0 Å². The second-order valence-corrected chi connectivity index (χ2v) is 2.73. The average molecular weight is 212 g/mol. The largest absolute Gasteiger partial charge is 0.506 e. The number of rotatable bonds is 2. The molecule has 4 N–H and O–H groups in total. The monoisotopic (exact) mass is 212 g/mol. The smallest absolute Gasteiger partial charge is 0.411 e. The summed E-state index contributed by atoms with van der Waals surface area (Å²) in [6.07, 6.45) is -0.683. The van der Waals surface area contributed by atoms with Crippen molar-refractivity contribution in [1.82, 2.24) is 0 Å². The molecule has 6 nitrogen and oxygen atoms in total. The molecule has 0 saturated heterocycles. The van der Waals surface area contributed by atoms with Crippen molar-refractivity contribution in [3.05, 3.63) is 12.1 Å². The minimum absolute atomic E-state index is 0.154. The Hall–Kier alpha value is -2.11. The first-order valence-corrected chi connectivity index (χ1v) is 4.10. The molecule has 82 valence electrons. The summed E-state index contributed by atoms with van der Waals surface area (Å²) in [5.41, 5.74) is 5.99. The lowest BCUT2D eigenvalue weighted by Gasteiger charge is -2.10. The first-order chi connectivity index (χ1) is 7.08. The van der Waals surface area contributed by atoms with E-state index in [2.05, 4.69) is 10.1 Å². The number of hydrogen-bond acceptors (Lipinski definition) is 5. The van der Waals surface area contributed by atoms with Gasteiger partial charge in [0, 0.05) is 12.1 Å². The molecule has 0 aromatic heterocycles. The van der Waals surface area contributed by atoms with Gasteiger partial charge in [0.2, 0.25) is 0 Å². The molecular formula is C9H12N2O4. The van der Waals surface area contributed by atoms with Gasteiger partial charge in [-0.15, -0.1) is 0 Å². The number of amides is 1. The molecule has 0 saturated carbocycles. The molecule has 0 heterocycles. The van der Waals surface area contributed by atoms with Gasteiger partial charge >= 0.3 is 6.09 Å². The number of nitrogens with two attached hydrogens (primary N) is 1. The highest BCUT2D eigenvalue weighted by atomic mass is 16.5. The predicted molar refractivity (Wildman–Crippen MR) is 55.1 cm³/mol. The summed E-state index contributed by atoms with van der Waals surface area (Å²) in [5, 5.41) is 11.8. The number of benzene rings is 1. The molecule has 0 radical (unpaired) electrons. The number of phenolic OH excluding ortho intramolecular Hbond substituents is 1. The molecule has 0 unspecified atom stereocenters. The van der Waals surface area contributed by atoms with Crippen molar-refractivity contribution in [2.24, 2.45) is 0 Å². The fourth-order valence-corrected chi connectivity index (χ4v) is 1.02. The Labute approximate surface area is 86.6 Å². The van der Waals surface area contributed by atoms with E-state index in [1.165, 1.54) is 26.4 Å². The summed E-state index contributed by atoms with van der Waals surface area (Å²) in [7, 11) is 2.66. The molecule has 0 bridgehead atoms. The van der Waals surface area contributed by atoms with E-state index < -0.39 is 6.09 Å². The van der Waals surface area contributed by atoms with E-state index in [-0.39, 0.29) is 17.1 Å². The number of carbonyl (C=O) groups excluding carboxylic acids is 1. The van der Waals surface area contributed by atoms with E-state index in [0.717, 1.165) is 0 Å². The third kappa shape index (κ3) is 2.43. The van der Waals surface area contributed by atoms with Crippen LogP contribution in [0, 0.1) is 0 Å². The van der Waals surface area contributed by atoms with Gasteiger partial charge in [0.15, 0.2) is 0 Å². The molecule has 0 aliphatic rings. The zero-order valence-corrected chi connectivity index (χ0v) is 8.40. The van der Waals surface area contributed by atoms with Crippen molar-refractivity contribution in [2.75, 3.05) is 25.3 Å². The third-order valence-corrected chi connectivity index (χ3v) is 1.77. The van der Waals surface area contributed by atoms with Crippen LogP contribution in [0.4, 0.5) is 16.2 Å². The summed E-state index contributed by atoms with van der Waals surface area (Å²) >= 11 is 0. The normalized spacial score (nSPS) is 9.47. The van der Waals surface area contributed by atoms with Crippen molar-refractivity contribution in [3.63, 3.8) is 0 Å². The molecule has 6 heteroatoms. The van der Waals surface area contributed by atoms with E-state index in [1.54, 1.807) is 0 Å². The molecule has 1 aromatic carbocycles. The summed E-state index contributed by atoms with van der Waals surface area (Å²) < 4.78 is 9.31. The first-order valence-electron chi connectivity index (χ1n) is 4.10. The number of phenols is 1. The van der Waals surface area contributed by atoms with E-state index >= 15 is 0 Å². The van der Waals surface area contributed by atoms with Crippen LogP contribution in [0.1, 0.15) is 0 Å². The molecule has 0 aliphatic carbocycles. The maximum Gasteiger partial charge on any atom is 0.411 e. The Bertz CT molecular complexity index is 379. The molecule has 0 aliphatic heterocycles. The standard InChI is InChI=1S/C9H12N2O4/c1-14-8-4-6(11-9(13)15-2)7(12)3-5(8)10/h3-4,12H,10H2,1-2H3,(H,11,13). The average Bonchev–Trinajstić information content (AvgIpc) is 2.21. The maximum absolute atomic E-state index is 10.9. The van der Waals surface area contributed by atoms with E-state index in [4.69, 9.17) is 10.5 Å². The summed E-state index contributed by atoms with van der Waals surface area (Å²) in [4.78, 5) is 10.9. The predicted octanol–water partition coefficient (Wildman–Crippen LogP) is 1.16. The Kier molecular flexibility index (Phi) is 3.22. The highest BCUT2D eigenvalue weighted by Gasteiger charge is 2.10. The number of methoxy groups -OCH3 is 2. The molecule has 0 spiro atoms. The van der Waals surface area contributed by atoms with Crippen LogP contribution >= 0.6 is 0 Å². The minimum Gasteiger partial charge on any atom is -0.506 e. The Morgan fingerprint density at radius 3 is 2.67 bits per heavy atom. The van der Waals surface area contributed by atoms with Crippen molar-refractivity contribution in [2.45, 2.75) is 0 Å². The van der Waals surface area contributed by atoms with Gasteiger partial charge in [-0.2, -0.15) is 0 Å². The molecule has 1 aromatic rings. The molecule has 0 fully saturated rings. The van der Waals surface area contributed by atoms with Gasteiger partial charge < -0.3 is 20.3 Å². The van der Waals surface area contributed by atoms with Gasteiger partial charge in [-0.05, 0) is 0 Å². The van der Waals surface area contributed by atoms with Gasteiger partial charge in [0.05, 0.1) is 25.6 Å². The molecule has 0 atom stereocenters. The van der Waals surface area contributed by atoms with Gasteiger partial charge in [0.1, 0.15) is 11.5 Å². The first kappa shape index (κ1) is 11.0. The number of ether oxygens (including phenoxy) is 2. The minimum atomic E-state index is -0.683. The second-order valence-electron chi connectivity index (χ2n) is 2.73. The summed E-state index contributed by atoms with van der Waals surface area (Å²) in [5.74, 6) is 0.206. The van der Waals surface area contributed by atoms with Crippen molar-refractivity contribution in [1.29, 1.82) is 0 Å². The fraction of sp³-hybridized carbons (Fsp3) is 0.222. The Morgan fingerprint density at radius 2 is 2.13 bits per heavy atom. The molecule has 1 rings (SSSR count). The van der Waals surface area contributed by atoms with Gasteiger partial charge in [-0.3, -0.25) is 5.32 Å². The number of anilines is 2. The third-order valence-electron chi connectivity index (χ3n) is 1.77. The van der Waals surface area contributed by atoms with Crippen LogP contribution in [0.2, 0.25) is 0 Å². The number of aromatic hydroxyl groups is 1. The molecule has 1 amide bonds. The number of hydrogen-bond donors (Lipinski definition) is 3. The zero-order valence-electron chi connectivity index (χ0n) is 8.40. The quantitative estimate of drug-likeness (QED) is 0.505. The van der Waals surface area contributed by atoms with Crippen LogP contribution in [0.5, 0.6) is 11.5 Å². The lowest BCUT2D eigenvalue weighted by molar-refractivity contribution is 0.187. The second kappa shape index (κ2) is 4.41. The Morgan fingerprint density at radius 1 is 1.47 bits per heavy atom. The lowest BCUT2D eigenvalue weighted by Crippen LogP contribution is -2.11. The Balaban J connectivity index is 3.02. The number of nitrogens with one attached hydrogen (secondary N) is 1. The number of nitrogen functional groups attached to an aromatic ring is 1. The SMILES string of the molecule is COC(=O)Nc1cc(OC)c(N)cc1O. The zero-order chi connectivity index (χ0) is 11.4. The van der Waals surface area contributed by atoms with Crippen molar-refractivity contribution in [3.8, 4) is 11.5 Å². The van der Waals surface area contributed by atoms with E-state index in [9.17, 15) is 9.90 Å². The highest BCUT2D eigenvalue weighted by molar-refractivity contribution is 5.88. The van der Waals surface area contributed by atoms with Crippen LogP contribution in [0.3, 0.4) is 0 Å². The summed E-state index contributed by atoms with van der Waals surface area (Å²) in [6.45, 7) is 0. The van der Waals surface area contributed by atoms with Crippen LogP contribution in [-0.2, 0) is 4.74 Å². The maximum atomic E-state index is 10.9. The van der Waals surface area contributed by atoms with Gasteiger partial charge in [0.25, 0.3) is 0 Å². The van der Waals surface area contributed by atoms with E-state index in [0.29, 0.717) is 5.75 Å². The van der Waals surface area contributed by atoms with Crippen LogP contribution < -0.4 is 15.8 Å². The van der Waals surface area contributed by atoms with Crippen LogP contribution in [0.15, 0.2) is 12.1 Å². The lowest BCUT2D eigenvalue weighted by atomic mass is 10.2. The highest BCUT2D eigenvalue weighted by Crippen LogP contribution is 2.33. The summed E-state index contributed by atoms with van der Waals surface area (Å²) in [6, 6.07) is 2.69. The van der Waals surface area contributed by atoms with Crippen LogP contribution in [-0.4, -0.2) is 25.4 Å². The van der Waals surface area contributed by atoms with Crippen molar-refractivity contribution < 1.29 is 19.4 Å². The van der Waals surface area contributed by atoms with Gasteiger partial charge in [-0.25, -0.2) is 4.79 Å². The molecule has 15 heavy (non-hydrogen) atoms. The molecular weight excluding hydrogens is 200 g/mol. The van der Waals surface area contributed by atoms with Crippen molar-refractivity contribution >= 4 is 17.5 Å². The topological polar surface area (TPSA) is 93.8 Å².